The third-order valence-electron chi connectivity index (χ3n) is 2.82. The number of hydrogen-bond acceptors (Lipinski definition) is 3. The molecule has 1 aromatic carbocycles. The molecule has 21 heavy (non-hydrogen) atoms. The van der Waals surface area contributed by atoms with Crippen LogP contribution in [0.2, 0.25) is 0 Å². The van der Waals surface area contributed by atoms with Crippen molar-refractivity contribution in [2.24, 2.45) is 0 Å². The minimum atomic E-state index is -0.480. The third-order valence-corrected chi connectivity index (χ3v) is 2.82. The standard InChI is InChI=1S/C15H15N3O3/c1-18(2)15(21)10-6-3-4-7-11(10)17-14(20)12-8-5-9-13(19)16-12/h3-9H,1-2H3,(H,16,19)(H,17,20). The molecule has 0 aliphatic heterocycles. The number of H-pyrrole nitrogens is 1. The second-order valence-electron chi connectivity index (χ2n) is 4.63. The van der Waals surface area contributed by atoms with Crippen molar-refractivity contribution in [3.8, 4) is 0 Å². The van der Waals surface area contributed by atoms with Gasteiger partial charge in [0.1, 0.15) is 5.69 Å². The van der Waals surface area contributed by atoms with Gasteiger partial charge in [0.2, 0.25) is 5.56 Å². The van der Waals surface area contributed by atoms with Crippen LogP contribution in [0.5, 0.6) is 0 Å². The van der Waals surface area contributed by atoms with Crippen molar-refractivity contribution in [1.82, 2.24) is 9.88 Å². The van der Waals surface area contributed by atoms with Crippen molar-refractivity contribution >= 4 is 17.5 Å². The van der Waals surface area contributed by atoms with Crippen molar-refractivity contribution in [3.05, 3.63) is 64.1 Å². The van der Waals surface area contributed by atoms with Gasteiger partial charge in [-0.3, -0.25) is 14.4 Å². The largest absolute Gasteiger partial charge is 0.345 e. The van der Waals surface area contributed by atoms with Crippen molar-refractivity contribution in [2.75, 3.05) is 19.4 Å². The van der Waals surface area contributed by atoms with Crippen molar-refractivity contribution < 1.29 is 9.59 Å². The summed E-state index contributed by atoms with van der Waals surface area (Å²) in [6.07, 6.45) is 0. The topological polar surface area (TPSA) is 82.3 Å². The molecule has 2 aromatic rings. The lowest BCUT2D eigenvalue weighted by atomic mass is 10.1. The SMILES string of the molecule is CN(C)C(=O)c1ccccc1NC(=O)c1cccc(=O)[nH]1. The van der Waals surface area contributed by atoms with Crippen LogP contribution < -0.4 is 10.9 Å². The van der Waals surface area contributed by atoms with Crippen LogP contribution >= 0.6 is 0 Å². The first kappa shape index (κ1) is 14.5. The number of aromatic nitrogens is 1. The van der Waals surface area contributed by atoms with Crippen LogP contribution in [0, 0.1) is 0 Å². The number of para-hydroxylation sites is 1. The lowest BCUT2D eigenvalue weighted by Gasteiger charge is -2.14. The van der Waals surface area contributed by atoms with Gasteiger partial charge in [0.15, 0.2) is 0 Å². The molecule has 0 saturated heterocycles. The maximum absolute atomic E-state index is 12.1. The maximum Gasteiger partial charge on any atom is 0.272 e. The van der Waals surface area contributed by atoms with E-state index >= 15 is 0 Å². The summed E-state index contributed by atoms with van der Waals surface area (Å²) in [7, 11) is 3.27. The number of nitrogens with one attached hydrogen (secondary N) is 2. The Kier molecular flexibility index (Phi) is 4.18. The Hall–Kier alpha value is -2.89. The Bertz CT molecular complexity index is 735. The number of nitrogens with zero attached hydrogens (tertiary/aromatic N) is 1. The summed E-state index contributed by atoms with van der Waals surface area (Å²) in [5.41, 5.74) is 0.551. The van der Waals surface area contributed by atoms with Gasteiger partial charge < -0.3 is 15.2 Å². The molecule has 6 nitrogen and oxygen atoms in total. The summed E-state index contributed by atoms with van der Waals surface area (Å²) >= 11 is 0. The summed E-state index contributed by atoms with van der Waals surface area (Å²) in [5.74, 6) is -0.695. The molecule has 1 heterocycles. The first-order valence-corrected chi connectivity index (χ1v) is 6.30. The molecule has 0 unspecified atom stereocenters. The number of amides is 2. The van der Waals surface area contributed by atoms with E-state index < -0.39 is 5.91 Å². The second-order valence-corrected chi connectivity index (χ2v) is 4.63. The van der Waals surface area contributed by atoms with Crippen LogP contribution in [0.1, 0.15) is 20.8 Å². The highest BCUT2D eigenvalue weighted by atomic mass is 16.2. The zero-order chi connectivity index (χ0) is 15.4. The summed E-state index contributed by atoms with van der Waals surface area (Å²) in [5, 5.41) is 2.63. The van der Waals surface area contributed by atoms with E-state index in [2.05, 4.69) is 10.3 Å². The van der Waals surface area contributed by atoms with Gasteiger partial charge in [-0.1, -0.05) is 18.2 Å². The van der Waals surface area contributed by atoms with Gasteiger partial charge in [-0.15, -0.1) is 0 Å². The van der Waals surface area contributed by atoms with E-state index in [9.17, 15) is 14.4 Å². The van der Waals surface area contributed by atoms with Gasteiger partial charge in [0, 0.05) is 20.2 Å². The fourth-order valence-electron chi connectivity index (χ4n) is 1.79. The molecule has 0 bridgehead atoms. The molecule has 0 saturated carbocycles. The smallest absolute Gasteiger partial charge is 0.272 e. The molecule has 0 fully saturated rings. The molecule has 0 spiro atoms. The molecular weight excluding hydrogens is 270 g/mol. The van der Waals surface area contributed by atoms with E-state index in [0.29, 0.717) is 11.3 Å². The number of pyridine rings is 1. The Morgan fingerprint density at radius 3 is 2.43 bits per heavy atom. The van der Waals surface area contributed by atoms with Gasteiger partial charge in [0.05, 0.1) is 11.3 Å². The van der Waals surface area contributed by atoms with Crippen molar-refractivity contribution in [3.63, 3.8) is 0 Å². The Balaban J connectivity index is 2.30. The predicted octanol–water partition coefficient (Wildman–Crippen LogP) is 1.33. The molecular formula is C15H15N3O3. The average molecular weight is 285 g/mol. The first-order chi connectivity index (χ1) is 9.99. The molecule has 0 aliphatic rings. The fraction of sp³-hybridized carbons (Fsp3) is 0.133. The highest BCUT2D eigenvalue weighted by molar-refractivity contribution is 6.08. The highest BCUT2D eigenvalue weighted by Crippen LogP contribution is 2.17. The van der Waals surface area contributed by atoms with Crippen LogP contribution in [0.25, 0.3) is 0 Å². The first-order valence-electron chi connectivity index (χ1n) is 6.30. The Morgan fingerprint density at radius 1 is 1.05 bits per heavy atom. The van der Waals surface area contributed by atoms with E-state index in [0.717, 1.165) is 0 Å². The monoisotopic (exact) mass is 285 g/mol. The van der Waals surface area contributed by atoms with Crippen LogP contribution in [-0.4, -0.2) is 35.8 Å². The van der Waals surface area contributed by atoms with Gasteiger partial charge in [-0.2, -0.15) is 0 Å². The van der Waals surface area contributed by atoms with Gasteiger partial charge in [-0.05, 0) is 18.2 Å². The minimum absolute atomic E-state index is 0.134. The number of aromatic amines is 1. The minimum Gasteiger partial charge on any atom is -0.345 e. The Morgan fingerprint density at radius 2 is 1.76 bits per heavy atom. The van der Waals surface area contributed by atoms with Crippen LogP contribution in [0.15, 0.2) is 47.3 Å². The van der Waals surface area contributed by atoms with Crippen molar-refractivity contribution in [1.29, 1.82) is 0 Å². The summed E-state index contributed by atoms with van der Waals surface area (Å²) in [4.78, 5) is 39.2. The summed E-state index contributed by atoms with van der Waals surface area (Å²) in [6, 6.07) is 11.0. The lowest BCUT2D eigenvalue weighted by molar-refractivity contribution is 0.0828. The average Bonchev–Trinajstić information content (AvgIpc) is 2.47. The molecule has 0 radical (unpaired) electrons. The number of hydrogen-bond donors (Lipinski definition) is 2. The molecule has 0 aliphatic carbocycles. The van der Waals surface area contributed by atoms with Gasteiger partial charge in [-0.25, -0.2) is 0 Å². The molecule has 0 atom stereocenters. The van der Waals surface area contributed by atoms with E-state index in [4.69, 9.17) is 0 Å². The maximum atomic E-state index is 12.1. The lowest BCUT2D eigenvalue weighted by Crippen LogP contribution is -2.24. The fourth-order valence-corrected chi connectivity index (χ4v) is 1.79. The molecule has 2 N–H and O–H groups in total. The van der Waals surface area contributed by atoms with Crippen LogP contribution in [0.3, 0.4) is 0 Å². The van der Waals surface area contributed by atoms with E-state index in [1.807, 2.05) is 0 Å². The predicted molar refractivity (Wildman–Crippen MR) is 79.5 cm³/mol. The normalized spacial score (nSPS) is 10.0. The van der Waals surface area contributed by atoms with E-state index in [1.165, 1.54) is 23.1 Å². The quantitative estimate of drug-likeness (QED) is 0.892. The van der Waals surface area contributed by atoms with Crippen LogP contribution in [-0.2, 0) is 0 Å². The molecule has 6 heteroatoms. The number of anilines is 1. The van der Waals surface area contributed by atoms with Gasteiger partial charge >= 0.3 is 0 Å². The molecule has 108 valence electrons. The molecule has 2 rings (SSSR count). The highest BCUT2D eigenvalue weighted by Gasteiger charge is 2.15. The zero-order valence-electron chi connectivity index (χ0n) is 11.7. The summed E-state index contributed by atoms with van der Waals surface area (Å²) in [6.45, 7) is 0. The van der Waals surface area contributed by atoms with E-state index in [1.54, 1.807) is 38.4 Å². The number of benzene rings is 1. The number of rotatable bonds is 3. The van der Waals surface area contributed by atoms with E-state index in [-0.39, 0.29) is 17.2 Å². The zero-order valence-corrected chi connectivity index (χ0v) is 11.7. The Labute approximate surface area is 121 Å². The van der Waals surface area contributed by atoms with Crippen LogP contribution in [0.4, 0.5) is 5.69 Å². The summed E-state index contributed by atoms with van der Waals surface area (Å²) < 4.78 is 0. The molecule has 2 amide bonds. The molecule has 1 aromatic heterocycles. The van der Waals surface area contributed by atoms with Gasteiger partial charge in [0.25, 0.3) is 11.8 Å². The third kappa shape index (κ3) is 3.36. The number of carbonyl (C=O) groups excluding carboxylic acids is 2. The number of carbonyl (C=O) groups is 2. The van der Waals surface area contributed by atoms with Crippen molar-refractivity contribution in [2.45, 2.75) is 0 Å². The second kappa shape index (κ2) is 6.04.